The minimum Gasteiger partial charge on any atom is -0.354 e. The lowest BCUT2D eigenvalue weighted by Crippen LogP contribution is -2.44. The minimum absolute atomic E-state index is 0.0934. The van der Waals surface area contributed by atoms with E-state index in [4.69, 9.17) is 0 Å². The number of carbonyl (C=O) groups is 1. The van der Waals surface area contributed by atoms with Crippen LogP contribution in [0.3, 0.4) is 0 Å². The van der Waals surface area contributed by atoms with Crippen LogP contribution in [0.1, 0.15) is 57.8 Å². The third-order valence-corrected chi connectivity index (χ3v) is 7.63. The van der Waals surface area contributed by atoms with Crippen LogP contribution in [-0.2, 0) is 14.8 Å². The van der Waals surface area contributed by atoms with Crippen LogP contribution in [-0.4, -0.2) is 37.8 Å². The Hall–Kier alpha value is -1.40. The van der Waals surface area contributed by atoms with Crippen molar-refractivity contribution >= 4 is 15.9 Å². The molecule has 3 rings (SSSR count). The van der Waals surface area contributed by atoms with Crippen molar-refractivity contribution in [2.45, 2.75) is 68.7 Å². The quantitative estimate of drug-likeness (QED) is 0.855. The van der Waals surface area contributed by atoms with Crippen LogP contribution in [0, 0.1) is 5.92 Å². The van der Waals surface area contributed by atoms with Gasteiger partial charge in [0.25, 0.3) is 0 Å². The van der Waals surface area contributed by atoms with Gasteiger partial charge in [-0.1, -0.05) is 50.3 Å². The predicted octanol–water partition coefficient (Wildman–Crippen LogP) is 3.32. The summed E-state index contributed by atoms with van der Waals surface area (Å²) < 4.78 is 27.3. The molecular formula is C20H30N2O3S. The molecule has 1 aliphatic carbocycles. The second kappa shape index (κ2) is 9.00. The van der Waals surface area contributed by atoms with Gasteiger partial charge in [-0.2, -0.15) is 4.31 Å². The Labute approximate surface area is 157 Å². The largest absolute Gasteiger partial charge is 0.354 e. The summed E-state index contributed by atoms with van der Waals surface area (Å²) in [6.45, 7) is 0.947. The lowest BCUT2D eigenvalue weighted by atomic mass is 9.90. The maximum Gasteiger partial charge on any atom is 0.243 e. The van der Waals surface area contributed by atoms with Crippen LogP contribution in [0.5, 0.6) is 0 Å². The fourth-order valence-electron chi connectivity index (χ4n) is 4.14. The number of amides is 1. The van der Waals surface area contributed by atoms with Crippen molar-refractivity contribution in [1.29, 1.82) is 0 Å². The number of hydrogen-bond acceptors (Lipinski definition) is 3. The number of carbonyl (C=O) groups excluding carboxylic acids is 1. The highest BCUT2D eigenvalue weighted by molar-refractivity contribution is 7.89. The lowest BCUT2D eigenvalue weighted by Gasteiger charge is -2.26. The maximum absolute atomic E-state index is 12.9. The fraction of sp³-hybridized carbons (Fsp3) is 0.650. The van der Waals surface area contributed by atoms with Gasteiger partial charge in [0.1, 0.15) is 0 Å². The summed E-state index contributed by atoms with van der Waals surface area (Å²) in [7, 11) is -3.49. The van der Waals surface area contributed by atoms with E-state index in [-0.39, 0.29) is 17.9 Å². The average molecular weight is 379 g/mol. The number of nitrogens with zero attached hydrogens (tertiary/aromatic N) is 1. The molecule has 1 saturated carbocycles. The van der Waals surface area contributed by atoms with E-state index in [2.05, 4.69) is 5.32 Å². The SMILES string of the molecule is O=C(NCC1CCCN1S(=O)(=O)c1ccccc1)C1CCCCCCC1. The molecule has 6 heteroatoms. The molecule has 1 aromatic rings. The molecule has 0 bridgehead atoms. The van der Waals surface area contributed by atoms with Crippen LogP contribution in [0.4, 0.5) is 0 Å². The normalized spacial score (nSPS) is 23.3. The van der Waals surface area contributed by atoms with Gasteiger partial charge in [0.15, 0.2) is 0 Å². The van der Waals surface area contributed by atoms with E-state index < -0.39 is 10.0 Å². The third kappa shape index (κ3) is 4.65. The molecule has 0 radical (unpaired) electrons. The minimum atomic E-state index is -3.49. The molecule has 1 N–H and O–H groups in total. The van der Waals surface area contributed by atoms with E-state index in [0.717, 1.165) is 38.5 Å². The Morgan fingerprint density at radius 2 is 1.62 bits per heavy atom. The van der Waals surface area contributed by atoms with E-state index in [0.29, 0.717) is 18.0 Å². The summed E-state index contributed by atoms with van der Waals surface area (Å²) in [6, 6.07) is 8.44. The van der Waals surface area contributed by atoms with E-state index >= 15 is 0 Å². The van der Waals surface area contributed by atoms with Crippen molar-refractivity contribution in [3.8, 4) is 0 Å². The van der Waals surface area contributed by atoms with Crippen LogP contribution in [0.2, 0.25) is 0 Å². The molecule has 1 saturated heterocycles. The summed E-state index contributed by atoms with van der Waals surface area (Å²) in [4.78, 5) is 12.9. The zero-order chi connectivity index (χ0) is 18.4. The third-order valence-electron chi connectivity index (χ3n) is 5.66. The van der Waals surface area contributed by atoms with Crippen LogP contribution in [0.15, 0.2) is 35.2 Å². The van der Waals surface area contributed by atoms with Crippen molar-refractivity contribution < 1.29 is 13.2 Å². The molecule has 0 aromatic heterocycles. The maximum atomic E-state index is 12.9. The van der Waals surface area contributed by atoms with Gasteiger partial charge in [-0.25, -0.2) is 8.42 Å². The van der Waals surface area contributed by atoms with E-state index in [1.165, 1.54) is 19.3 Å². The molecule has 144 valence electrons. The number of benzene rings is 1. The van der Waals surface area contributed by atoms with Crippen molar-refractivity contribution in [2.75, 3.05) is 13.1 Å². The molecule has 2 fully saturated rings. The first kappa shape index (κ1) is 19.4. The molecule has 26 heavy (non-hydrogen) atoms. The van der Waals surface area contributed by atoms with E-state index in [1.807, 2.05) is 6.07 Å². The second-order valence-electron chi connectivity index (χ2n) is 7.51. The molecule has 2 aliphatic rings. The van der Waals surface area contributed by atoms with Crippen molar-refractivity contribution in [3.63, 3.8) is 0 Å². The number of nitrogens with one attached hydrogen (secondary N) is 1. The van der Waals surface area contributed by atoms with E-state index in [1.54, 1.807) is 28.6 Å². The monoisotopic (exact) mass is 378 g/mol. The van der Waals surface area contributed by atoms with Crippen LogP contribution < -0.4 is 5.32 Å². The molecule has 1 amide bonds. The second-order valence-corrected chi connectivity index (χ2v) is 9.40. The molecular weight excluding hydrogens is 348 g/mol. The van der Waals surface area contributed by atoms with E-state index in [9.17, 15) is 13.2 Å². The molecule has 1 aromatic carbocycles. The summed E-state index contributed by atoms with van der Waals surface area (Å²) >= 11 is 0. The van der Waals surface area contributed by atoms with Gasteiger partial charge in [-0.05, 0) is 37.8 Å². The lowest BCUT2D eigenvalue weighted by molar-refractivity contribution is -0.125. The first-order valence-electron chi connectivity index (χ1n) is 9.93. The van der Waals surface area contributed by atoms with Crippen LogP contribution in [0.25, 0.3) is 0 Å². The number of hydrogen-bond donors (Lipinski definition) is 1. The van der Waals surface area contributed by atoms with Crippen molar-refractivity contribution in [3.05, 3.63) is 30.3 Å². The highest BCUT2D eigenvalue weighted by Crippen LogP contribution is 2.26. The first-order valence-corrected chi connectivity index (χ1v) is 11.4. The topological polar surface area (TPSA) is 66.5 Å². The Balaban J connectivity index is 1.59. The average Bonchev–Trinajstić information content (AvgIpc) is 3.09. The molecule has 1 heterocycles. The summed E-state index contributed by atoms with van der Waals surface area (Å²) in [5.41, 5.74) is 0. The number of rotatable bonds is 5. The van der Waals surface area contributed by atoms with Crippen molar-refractivity contribution in [1.82, 2.24) is 9.62 Å². The Bertz CT molecular complexity index is 682. The molecule has 1 atom stereocenters. The van der Waals surface area contributed by atoms with Gasteiger partial charge in [-0.3, -0.25) is 4.79 Å². The highest BCUT2D eigenvalue weighted by Gasteiger charge is 2.35. The fourth-order valence-corrected chi connectivity index (χ4v) is 5.85. The van der Waals surface area contributed by atoms with Crippen LogP contribution >= 0.6 is 0 Å². The van der Waals surface area contributed by atoms with Gasteiger partial charge in [0.2, 0.25) is 15.9 Å². The molecule has 1 unspecified atom stereocenters. The van der Waals surface area contributed by atoms with Gasteiger partial charge in [-0.15, -0.1) is 0 Å². The zero-order valence-corrected chi connectivity index (χ0v) is 16.2. The summed E-state index contributed by atoms with van der Waals surface area (Å²) in [5, 5.41) is 3.05. The zero-order valence-electron chi connectivity index (χ0n) is 15.4. The highest BCUT2D eigenvalue weighted by atomic mass is 32.2. The molecule has 1 aliphatic heterocycles. The van der Waals surface area contributed by atoms with Gasteiger partial charge in [0, 0.05) is 25.0 Å². The standard InChI is InChI=1S/C20H30N2O3S/c23-20(17-10-5-2-1-3-6-11-17)21-16-18-12-9-15-22(18)26(24,25)19-13-7-4-8-14-19/h4,7-8,13-14,17-18H,1-3,5-6,9-12,15-16H2,(H,21,23). The molecule has 5 nitrogen and oxygen atoms in total. The summed E-state index contributed by atoms with van der Waals surface area (Å²) in [6.07, 6.45) is 9.53. The smallest absolute Gasteiger partial charge is 0.243 e. The first-order chi connectivity index (χ1) is 12.6. The van der Waals surface area contributed by atoms with Gasteiger partial charge in [0.05, 0.1) is 4.90 Å². The Kier molecular flexibility index (Phi) is 6.70. The Morgan fingerprint density at radius 3 is 2.31 bits per heavy atom. The summed E-state index contributed by atoms with van der Waals surface area (Å²) in [5.74, 6) is 0.201. The van der Waals surface area contributed by atoms with Gasteiger partial charge < -0.3 is 5.32 Å². The predicted molar refractivity (Wildman–Crippen MR) is 102 cm³/mol. The molecule has 0 spiro atoms. The van der Waals surface area contributed by atoms with Gasteiger partial charge >= 0.3 is 0 Å². The van der Waals surface area contributed by atoms with Crippen molar-refractivity contribution in [2.24, 2.45) is 5.92 Å². The number of sulfonamides is 1. The Morgan fingerprint density at radius 1 is 0.962 bits per heavy atom.